The number of aryl methyl sites for hydroxylation is 1. The first kappa shape index (κ1) is 18.2. The molecular weight excluding hydrogens is 373 g/mol. The minimum atomic E-state index is -4.47. The molecule has 0 N–H and O–H groups in total. The SMILES string of the molecule is O=C(c1cc([N+](=O)[O-])ccc1Cl)N1CCCc2cc(C(F)(F)F)ccc21. The number of nitrogens with zero attached hydrogens (tertiary/aromatic N) is 2. The summed E-state index contributed by atoms with van der Waals surface area (Å²) >= 11 is 6.01. The molecule has 136 valence electrons. The summed E-state index contributed by atoms with van der Waals surface area (Å²) in [4.78, 5) is 24.4. The van der Waals surface area contributed by atoms with Crippen molar-refractivity contribution in [2.75, 3.05) is 11.4 Å². The number of amides is 1. The Morgan fingerprint density at radius 1 is 1.19 bits per heavy atom. The predicted octanol–water partition coefficient (Wildman–Crippen LogP) is 4.86. The number of halogens is 4. The lowest BCUT2D eigenvalue weighted by molar-refractivity contribution is -0.384. The Kier molecular flexibility index (Phi) is 4.62. The van der Waals surface area contributed by atoms with Crippen LogP contribution in [-0.2, 0) is 12.6 Å². The van der Waals surface area contributed by atoms with Crippen LogP contribution in [0.5, 0.6) is 0 Å². The van der Waals surface area contributed by atoms with Gasteiger partial charge in [0.05, 0.1) is 21.1 Å². The monoisotopic (exact) mass is 384 g/mol. The first-order valence-corrected chi connectivity index (χ1v) is 8.02. The molecule has 0 aliphatic carbocycles. The molecule has 0 bridgehead atoms. The highest BCUT2D eigenvalue weighted by Gasteiger charge is 2.33. The summed E-state index contributed by atoms with van der Waals surface area (Å²) in [6, 6.07) is 6.70. The van der Waals surface area contributed by atoms with Crippen molar-refractivity contribution in [1.29, 1.82) is 0 Å². The van der Waals surface area contributed by atoms with Crippen molar-refractivity contribution in [2.45, 2.75) is 19.0 Å². The zero-order valence-corrected chi connectivity index (χ0v) is 14.0. The van der Waals surface area contributed by atoms with Crippen molar-refractivity contribution in [3.63, 3.8) is 0 Å². The van der Waals surface area contributed by atoms with Crippen LogP contribution in [0.4, 0.5) is 24.5 Å². The van der Waals surface area contributed by atoms with E-state index in [4.69, 9.17) is 11.6 Å². The maximum absolute atomic E-state index is 12.9. The number of benzene rings is 2. The van der Waals surface area contributed by atoms with E-state index in [2.05, 4.69) is 0 Å². The number of fused-ring (bicyclic) bond motifs is 1. The summed E-state index contributed by atoms with van der Waals surface area (Å²) in [6.07, 6.45) is -3.58. The van der Waals surface area contributed by atoms with Crippen LogP contribution < -0.4 is 4.90 Å². The van der Waals surface area contributed by atoms with Crippen molar-refractivity contribution in [1.82, 2.24) is 0 Å². The van der Waals surface area contributed by atoms with Crippen molar-refractivity contribution in [2.24, 2.45) is 0 Å². The van der Waals surface area contributed by atoms with Crippen LogP contribution in [-0.4, -0.2) is 17.4 Å². The van der Waals surface area contributed by atoms with Crippen LogP contribution >= 0.6 is 11.6 Å². The number of hydrogen-bond donors (Lipinski definition) is 0. The van der Waals surface area contributed by atoms with Crippen molar-refractivity contribution < 1.29 is 22.9 Å². The van der Waals surface area contributed by atoms with Crippen LogP contribution in [0.1, 0.15) is 27.9 Å². The van der Waals surface area contributed by atoms with Crippen LogP contribution in [0, 0.1) is 10.1 Å². The minimum absolute atomic E-state index is 0.0413. The van der Waals surface area contributed by atoms with E-state index in [-0.39, 0.29) is 22.8 Å². The van der Waals surface area contributed by atoms with E-state index in [9.17, 15) is 28.1 Å². The normalized spacial score (nSPS) is 14.1. The first-order valence-electron chi connectivity index (χ1n) is 7.64. The molecule has 0 radical (unpaired) electrons. The Hall–Kier alpha value is -2.61. The molecule has 5 nitrogen and oxygen atoms in total. The number of carbonyl (C=O) groups is 1. The zero-order chi connectivity index (χ0) is 19.1. The number of non-ortho nitro benzene ring substituents is 1. The molecule has 2 aromatic rings. The molecule has 0 spiro atoms. The van der Waals surface area contributed by atoms with Crippen molar-refractivity contribution in [3.05, 3.63) is 68.2 Å². The fourth-order valence-electron chi connectivity index (χ4n) is 2.92. The molecular formula is C17H12ClF3N2O3. The summed E-state index contributed by atoms with van der Waals surface area (Å²) in [5.41, 5.74) is -0.368. The second-order valence-electron chi connectivity index (χ2n) is 5.82. The molecule has 2 aromatic carbocycles. The third-order valence-electron chi connectivity index (χ3n) is 4.16. The molecule has 0 aromatic heterocycles. The average molecular weight is 385 g/mol. The van der Waals surface area contributed by atoms with Gasteiger partial charge in [0, 0.05) is 24.4 Å². The summed E-state index contributed by atoms with van der Waals surface area (Å²) in [7, 11) is 0. The Balaban J connectivity index is 2.01. The fourth-order valence-corrected chi connectivity index (χ4v) is 3.12. The van der Waals surface area contributed by atoms with Gasteiger partial charge in [0.2, 0.25) is 0 Å². The van der Waals surface area contributed by atoms with E-state index < -0.39 is 22.6 Å². The largest absolute Gasteiger partial charge is 0.416 e. The van der Waals surface area contributed by atoms with Gasteiger partial charge in [-0.1, -0.05) is 11.6 Å². The molecule has 26 heavy (non-hydrogen) atoms. The second kappa shape index (κ2) is 6.60. The van der Waals surface area contributed by atoms with Gasteiger partial charge in [-0.2, -0.15) is 13.2 Å². The summed E-state index contributed by atoms with van der Waals surface area (Å²) in [5, 5.41) is 11.0. The highest BCUT2D eigenvalue weighted by molar-refractivity contribution is 6.34. The molecule has 1 aliphatic heterocycles. The Morgan fingerprint density at radius 3 is 2.58 bits per heavy atom. The van der Waals surface area contributed by atoms with E-state index in [1.165, 1.54) is 23.1 Å². The molecule has 3 rings (SSSR count). The molecule has 0 saturated carbocycles. The van der Waals surface area contributed by atoms with E-state index in [1.54, 1.807) is 0 Å². The first-order chi connectivity index (χ1) is 12.2. The lowest BCUT2D eigenvalue weighted by Crippen LogP contribution is -2.35. The quantitative estimate of drug-likeness (QED) is 0.548. The third kappa shape index (κ3) is 3.37. The van der Waals surface area contributed by atoms with Crippen LogP contribution in [0.15, 0.2) is 36.4 Å². The highest BCUT2D eigenvalue weighted by atomic mass is 35.5. The van der Waals surface area contributed by atoms with Crippen LogP contribution in [0.25, 0.3) is 0 Å². The van der Waals surface area contributed by atoms with E-state index in [0.29, 0.717) is 24.1 Å². The number of hydrogen-bond acceptors (Lipinski definition) is 3. The lowest BCUT2D eigenvalue weighted by Gasteiger charge is -2.30. The van der Waals surface area contributed by atoms with E-state index >= 15 is 0 Å². The van der Waals surface area contributed by atoms with E-state index in [1.807, 2.05) is 0 Å². The standard InChI is InChI=1S/C17H12ClF3N2O3/c18-14-5-4-12(23(25)26)9-13(14)16(24)22-7-1-2-10-8-11(17(19,20)21)3-6-15(10)22/h3-6,8-9H,1-2,7H2. The fraction of sp³-hybridized carbons (Fsp3) is 0.235. The molecule has 0 saturated heterocycles. The average Bonchev–Trinajstić information content (AvgIpc) is 2.59. The third-order valence-corrected chi connectivity index (χ3v) is 4.49. The van der Waals surface area contributed by atoms with Crippen LogP contribution in [0.3, 0.4) is 0 Å². The van der Waals surface area contributed by atoms with Gasteiger partial charge >= 0.3 is 6.18 Å². The zero-order valence-electron chi connectivity index (χ0n) is 13.2. The maximum atomic E-state index is 12.9. The molecule has 1 aliphatic rings. The molecule has 0 unspecified atom stereocenters. The van der Waals surface area contributed by atoms with Crippen molar-refractivity contribution in [3.8, 4) is 0 Å². The second-order valence-corrected chi connectivity index (χ2v) is 6.23. The molecule has 0 atom stereocenters. The number of nitro groups is 1. The molecule has 9 heteroatoms. The molecule has 1 amide bonds. The van der Waals surface area contributed by atoms with Gasteiger partial charge in [0.1, 0.15) is 0 Å². The Morgan fingerprint density at radius 2 is 1.92 bits per heavy atom. The van der Waals surface area contributed by atoms with E-state index in [0.717, 1.165) is 18.2 Å². The van der Waals surface area contributed by atoms with Gasteiger partial charge in [-0.25, -0.2) is 0 Å². The topological polar surface area (TPSA) is 63.4 Å². The number of anilines is 1. The number of alkyl halides is 3. The summed E-state index contributed by atoms with van der Waals surface area (Å²) in [6.45, 7) is 0.288. The smallest absolute Gasteiger partial charge is 0.308 e. The van der Waals surface area contributed by atoms with Gasteiger partial charge < -0.3 is 4.90 Å². The minimum Gasteiger partial charge on any atom is -0.308 e. The lowest BCUT2D eigenvalue weighted by atomic mass is 9.98. The molecule has 0 fully saturated rings. The van der Waals surface area contributed by atoms with Gasteiger partial charge in [-0.15, -0.1) is 0 Å². The summed E-state index contributed by atoms with van der Waals surface area (Å²) < 4.78 is 38.7. The number of carbonyl (C=O) groups excluding carboxylic acids is 1. The Bertz CT molecular complexity index is 899. The predicted molar refractivity (Wildman–Crippen MR) is 89.5 cm³/mol. The highest BCUT2D eigenvalue weighted by Crippen LogP contribution is 2.36. The summed E-state index contributed by atoms with van der Waals surface area (Å²) in [5.74, 6) is -0.584. The molecule has 1 heterocycles. The van der Waals surface area contributed by atoms with Gasteiger partial charge in [0.15, 0.2) is 0 Å². The van der Waals surface area contributed by atoms with Gasteiger partial charge in [0.25, 0.3) is 11.6 Å². The van der Waals surface area contributed by atoms with Gasteiger partial charge in [-0.3, -0.25) is 14.9 Å². The maximum Gasteiger partial charge on any atom is 0.416 e. The Labute approximate surface area is 151 Å². The van der Waals surface area contributed by atoms with Crippen molar-refractivity contribution >= 4 is 28.9 Å². The van der Waals surface area contributed by atoms with Gasteiger partial charge in [-0.05, 0) is 42.7 Å². The number of nitro benzene ring substituents is 1. The van der Waals surface area contributed by atoms with Crippen LogP contribution in [0.2, 0.25) is 5.02 Å². The number of rotatable bonds is 2.